The highest BCUT2D eigenvalue weighted by molar-refractivity contribution is 6.39. The summed E-state index contributed by atoms with van der Waals surface area (Å²) in [6.07, 6.45) is 0. The van der Waals surface area contributed by atoms with E-state index in [1.807, 2.05) is 0 Å². The van der Waals surface area contributed by atoms with Crippen molar-refractivity contribution in [2.24, 2.45) is 0 Å². The Bertz CT molecular complexity index is 538. The number of anilines is 1. The maximum absolute atomic E-state index is 12.1. The van der Waals surface area contributed by atoms with Crippen LogP contribution in [0, 0.1) is 10.1 Å². The smallest absolute Gasteiger partial charge is 0.313 e. The molecule has 1 aromatic rings. The molecule has 0 aliphatic rings. The second-order valence-corrected chi connectivity index (χ2v) is 4.54. The van der Waals surface area contributed by atoms with Crippen molar-refractivity contribution >= 4 is 23.2 Å². The van der Waals surface area contributed by atoms with E-state index < -0.39 is 16.7 Å². The quantitative estimate of drug-likeness (QED) is 0.427. The van der Waals surface area contributed by atoms with Gasteiger partial charge in [0.15, 0.2) is 0 Å². The van der Waals surface area contributed by atoms with Gasteiger partial charge < -0.3 is 19.7 Å². The molecule has 0 unspecified atom stereocenters. The van der Waals surface area contributed by atoms with Gasteiger partial charge in [-0.05, 0) is 12.1 Å². The zero-order chi connectivity index (χ0) is 17.2. The molecule has 2 amide bonds. The molecule has 0 atom stereocenters. The number of nitrogens with one attached hydrogen (secondary N) is 1. The van der Waals surface area contributed by atoms with Crippen molar-refractivity contribution in [1.29, 1.82) is 0 Å². The Morgan fingerprint density at radius 3 is 2.09 bits per heavy atom. The van der Waals surface area contributed by atoms with Crippen LogP contribution in [0.2, 0.25) is 0 Å². The van der Waals surface area contributed by atoms with Gasteiger partial charge in [0.05, 0.1) is 18.1 Å². The van der Waals surface area contributed by atoms with Crippen LogP contribution in [0.25, 0.3) is 0 Å². The van der Waals surface area contributed by atoms with Gasteiger partial charge >= 0.3 is 11.8 Å². The van der Waals surface area contributed by atoms with Crippen molar-refractivity contribution in [3.8, 4) is 0 Å². The van der Waals surface area contributed by atoms with E-state index in [1.54, 1.807) is 0 Å². The van der Waals surface area contributed by atoms with Gasteiger partial charge in [-0.25, -0.2) is 0 Å². The van der Waals surface area contributed by atoms with Gasteiger partial charge in [-0.2, -0.15) is 0 Å². The predicted octanol–water partition coefficient (Wildman–Crippen LogP) is 0.655. The first-order valence-electron chi connectivity index (χ1n) is 6.82. The molecule has 0 radical (unpaired) electrons. The zero-order valence-electron chi connectivity index (χ0n) is 13.0. The summed E-state index contributed by atoms with van der Waals surface area (Å²) in [5, 5.41) is 13.0. The Balaban J connectivity index is 2.68. The topological polar surface area (TPSA) is 111 Å². The van der Waals surface area contributed by atoms with Crippen molar-refractivity contribution in [1.82, 2.24) is 4.90 Å². The van der Waals surface area contributed by atoms with E-state index in [9.17, 15) is 19.7 Å². The predicted molar refractivity (Wildman–Crippen MR) is 82.1 cm³/mol. The Kier molecular flexibility index (Phi) is 7.64. The SMILES string of the molecule is COCCN(CCOC)C(=O)C(=O)Nc1ccc([N+](=O)[O-])cc1. The lowest BCUT2D eigenvalue weighted by atomic mass is 10.3. The molecule has 1 rings (SSSR count). The molecule has 9 nitrogen and oxygen atoms in total. The third kappa shape index (κ3) is 6.01. The van der Waals surface area contributed by atoms with Crippen LogP contribution in [0.1, 0.15) is 0 Å². The van der Waals surface area contributed by atoms with Gasteiger partial charge in [0, 0.05) is 45.1 Å². The second-order valence-electron chi connectivity index (χ2n) is 4.54. The summed E-state index contributed by atoms with van der Waals surface area (Å²) in [4.78, 5) is 35.4. The van der Waals surface area contributed by atoms with Crippen LogP contribution in [0.5, 0.6) is 0 Å². The number of methoxy groups -OCH3 is 2. The number of hydrogen-bond acceptors (Lipinski definition) is 6. The molecule has 0 aliphatic carbocycles. The van der Waals surface area contributed by atoms with Crippen LogP contribution in [0.3, 0.4) is 0 Å². The van der Waals surface area contributed by atoms with Crippen molar-refractivity contribution < 1.29 is 24.0 Å². The number of nitro groups is 1. The molecule has 126 valence electrons. The van der Waals surface area contributed by atoms with Crippen molar-refractivity contribution in [2.75, 3.05) is 45.8 Å². The molecular weight excluding hydrogens is 306 g/mol. The Morgan fingerprint density at radius 2 is 1.65 bits per heavy atom. The van der Waals surface area contributed by atoms with Gasteiger partial charge in [-0.3, -0.25) is 19.7 Å². The molecular formula is C14H19N3O6. The number of carbonyl (C=O) groups excluding carboxylic acids is 2. The highest BCUT2D eigenvalue weighted by atomic mass is 16.6. The highest BCUT2D eigenvalue weighted by Gasteiger charge is 2.21. The summed E-state index contributed by atoms with van der Waals surface area (Å²) in [7, 11) is 2.99. The Morgan fingerprint density at radius 1 is 1.13 bits per heavy atom. The molecule has 1 N–H and O–H groups in total. The number of nitro benzene ring substituents is 1. The molecule has 0 heterocycles. The van der Waals surface area contributed by atoms with Crippen LogP contribution in [0.15, 0.2) is 24.3 Å². The van der Waals surface area contributed by atoms with E-state index in [0.29, 0.717) is 18.9 Å². The third-order valence-electron chi connectivity index (χ3n) is 2.95. The average molecular weight is 325 g/mol. The van der Waals surface area contributed by atoms with Gasteiger partial charge in [0.2, 0.25) is 0 Å². The van der Waals surface area contributed by atoms with Crippen LogP contribution in [-0.4, -0.2) is 62.2 Å². The molecule has 0 spiro atoms. The fourth-order valence-corrected chi connectivity index (χ4v) is 1.71. The Labute approximate surface area is 133 Å². The molecule has 0 bridgehead atoms. The minimum atomic E-state index is -0.828. The molecule has 0 fully saturated rings. The largest absolute Gasteiger partial charge is 0.383 e. The average Bonchev–Trinajstić information content (AvgIpc) is 2.55. The van der Waals surface area contributed by atoms with Gasteiger partial charge in [0.25, 0.3) is 5.69 Å². The van der Waals surface area contributed by atoms with E-state index in [1.165, 1.54) is 43.4 Å². The third-order valence-corrected chi connectivity index (χ3v) is 2.95. The minimum Gasteiger partial charge on any atom is -0.383 e. The summed E-state index contributed by atoms with van der Waals surface area (Å²) in [5.74, 6) is -1.55. The van der Waals surface area contributed by atoms with Crippen LogP contribution in [-0.2, 0) is 19.1 Å². The highest BCUT2D eigenvalue weighted by Crippen LogP contribution is 2.15. The molecule has 0 aromatic heterocycles. The minimum absolute atomic E-state index is 0.101. The first kappa shape index (κ1) is 18.5. The number of non-ortho nitro benzene ring substituents is 1. The lowest BCUT2D eigenvalue weighted by molar-refractivity contribution is -0.384. The lowest BCUT2D eigenvalue weighted by Gasteiger charge is -2.21. The molecule has 0 saturated heterocycles. The Hall–Kier alpha value is -2.52. The summed E-state index contributed by atoms with van der Waals surface area (Å²) >= 11 is 0. The molecule has 1 aromatic carbocycles. The van der Waals surface area contributed by atoms with E-state index in [0.717, 1.165) is 0 Å². The lowest BCUT2D eigenvalue weighted by Crippen LogP contribution is -2.43. The van der Waals surface area contributed by atoms with Crippen molar-refractivity contribution in [3.05, 3.63) is 34.4 Å². The summed E-state index contributed by atoms with van der Waals surface area (Å²) in [6.45, 7) is 1.10. The second kappa shape index (κ2) is 9.49. The van der Waals surface area contributed by atoms with E-state index in [4.69, 9.17) is 9.47 Å². The number of hydrogen-bond donors (Lipinski definition) is 1. The number of rotatable bonds is 8. The summed E-state index contributed by atoms with van der Waals surface area (Å²) < 4.78 is 9.81. The van der Waals surface area contributed by atoms with Crippen molar-refractivity contribution in [2.45, 2.75) is 0 Å². The van der Waals surface area contributed by atoms with Gasteiger partial charge in [-0.1, -0.05) is 0 Å². The molecule has 0 aliphatic heterocycles. The number of benzene rings is 1. The normalized spacial score (nSPS) is 10.2. The standard InChI is InChI=1S/C14H19N3O6/c1-22-9-7-16(8-10-23-2)14(19)13(18)15-11-3-5-12(6-4-11)17(20)21/h3-6H,7-10H2,1-2H3,(H,15,18). The monoisotopic (exact) mass is 325 g/mol. The van der Waals surface area contributed by atoms with Crippen LogP contribution >= 0.6 is 0 Å². The maximum atomic E-state index is 12.1. The number of nitrogens with zero attached hydrogens (tertiary/aromatic N) is 2. The summed E-state index contributed by atoms with van der Waals surface area (Å²) in [5.41, 5.74) is 0.198. The molecule has 23 heavy (non-hydrogen) atoms. The van der Waals surface area contributed by atoms with Crippen LogP contribution < -0.4 is 5.32 Å². The van der Waals surface area contributed by atoms with E-state index >= 15 is 0 Å². The fourth-order valence-electron chi connectivity index (χ4n) is 1.71. The first-order chi connectivity index (χ1) is 11.0. The first-order valence-corrected chi connectivity index (χ1v) is 6.82. The van der Waals surface area contributed by atoms with Gasteiger partial charge in [-0.15, -0.1) is 0 Å². The fraction of sp³-hybridized carbons (Fsp3) is 0.429. The van der Waals surface area contributed by atoms with E-state index in [2.05, 4.69) is 5.32 Å². The zero-order valence-corrected chi connectivity index (χ0v) is 13.0. The van der Waals surface area contributed by atoms with Gasteiger partial charge in [0.1, 0.15) is 0 Å². The van der Waals surface area contributed by atoms with Crippen molar-refractivity contribution in [3.63, 3.8) is 0 Å². The summed E-state index contributed by atoms with van der Waals surface area (Å²) in [6, 6.07) is 5.21. The number of carbonyl (C=O) groups is 2. The number of amides is 2. The number of ether oxygens (including phenoxy) is 2. The van der Waals surface area contributed by atoms with E-state index in [-0.39, 0.29) is 18.8 Å². The molecule has 0 saturated carbocycles. The molecule has 9 heteroatoms. The van der Waals surface area contributed by atoms with Crippen LogP contribution in [0.4, 0.5) is 11.4 Å². The maximum Gasteiger partial charge on any atom is 0.313 e.